The lowest BCUT2D eigenvalue weighted by molar-refractivity contribution is -0.386. The molecule has 0 bridgehead atoms. The van der Waals surface area contributed by atoms with Crippen molar-refractivity contribution in [2.24, 2.45) is 0 Å². The fraction of sp³-hybridized carbons (Fsp3) is 0.200. The van der Waals surface area contributed by atoms with Crippen molar-refractivity contribution in [2.75, 3.05) is 40.3 Å². The van der Waals surface area contributed by atoms with E-state index in [1.54, 1.807) is 24.3 Å². The molecule has 0 unspecified atom stereocenters. The van der Waals surface area contributed by atoms with Crippen LogP contribution in [0.4, 0.5) is 15.8 Å². The zero-order chi connectivity index (χ0) is 28.0. The van der Waals surface area contributed by atoms with Gasteiger partial charge in [0.2, 0.25) is 5.75 Å². The van der Waals surface area contributed by atoms with Crippen LogP contribution in [-0.2, 0) is 10.0 Å². The third-order valence-electron chi connectivity index (χ3n) is 5.33. The number of hydrogen-bond donors (Lipinski definition) is 1. The molecule has 11 nitrogen and oxygen atoms in total. The Balaban J connectivity index is 2.01. The highest BCUT2D eigenvalue weighted by molar-refractivity contribution is 7.92. The van der Waals surface area contributed by atoms with E-state index in [4.69, 9.17) is 23.7 Å². The molecule has 3 rings (SSSR count). The third kappa shape index (κ3) is 5.89. The van der Waals surface area contributed by atoms with E-state index >= 15 is 0 Å². The molecule has 13 heteroatoms. The predicted octanol–water partition coefficient (Wildman–Crippen LogP) is 4.75. The summed E-state index contributed by atoms with van der Waals surface area (Å²) in [7, 11) is 2.44. The van der Waals surface area contributed by atoms with Crippen molar-refractivity contribution in [2.45, 2.75) is 4.90 Å². The minimum atomic E-state index is -4.38. The summed E-state index contributed by atoms with van der Waals surface area (Å²) in [5.41, 5.74) is 0.157. The zero-order valence-corrected chi connectivity index (χ0v) is 21.9. The van der Waals surface area contributed by atoms with Gasteiger partial charge in [-0.1, -0.05) is 12.2 Å². The molecule has 0 radical (unpaired) electrons. The van der Waals surface area contributed by atoms with Gasteiger partial charge in [-0.15, -0.1) is 0 Å². The minimum absolute atomic E-state index is 0.114. The van der Waals surface area contributed by atoms with E-state index in [1.807, 2.05) is 0 Å². The first-order valence-corrected chi connectivity index (χ1v) is 12.3. The molecule has 0 aliphatic carbocycles. The van der Waals surface area contributed by atoms with E-state index in [0.29, 0.717) is 22.8 Å². The van der Waals surface area contributed by atoms with Gasteiger partial charge in [0.05, 0.1) is 51.1 Å². The third-order valence-corrected chi connectivity index (χ3v) is 6.69. The molecule has 38 heavy (non-hydrogen) atoms. The Kier molecular flexibility index (Phi) is 8.63. The van der Waals surface area contributed by atoms with Crippen LogP contribution in [0.2, 0.25) is 0 Å². The zero-order valence-electron chi connectivity index (χ0n) is 21.1. The molecule has 0 spiro atoms. The van der Waals surface area contributed by atoms with Gasteiger partial charge in [-0.25, -0.2) is 12.8 Å². The van der Waals surface area contributed by atoms with E-state index in [9.17, 15) is 22.9 Å². The maximum absolute atomic E-state index is 14.9. The van der Waals surface area contributed by atoms with Gasteiger partial charge in [-0.2, -0.15) is 0 Å². The largest absolute Gasteiger partial charge is 0.493 e. The summed E-state index contributed by atoms with van der Waals surface area (Å²) in [6.07, 6.45) is 3.18. The monoisotopic (exact) mass is 548 g/mol. The first kappa shape index (κ1) is 28.1. The van der Waals surface area contributed by atoms with Gasteiger partial charge < -0.3 is 23.7 Å². The number of rotatable bonds is 11. The number of nitrogens with one attached hydrogen (secondary N) is 1. The summed E-state index contributed by atoms with van der Waals surface area (Å²) in [6.45, 7) is 0. The fourth-order valence-electron chi connectivity index (χ4n) is 3.57. The average molecular weight is 549 g/mol. The Morgan fingerprint density at radius 1 is 0.789 bits per heavy atom. The molecule has 0 saturated carbocycles. The van der Waals surface area contributed by atoms with Gasteiger partial charge in [-0.3, -0.25) is 14.8 Å². The second kappa shape index (κ2) is 11.7. The summed E-state index contributed by atoms with van der Waals surface area (Å²) in [6, 6.07) is 9.00. The number of benzene rings is 3. The summed E-state index contributed by atoms with van der Waals surface area (Å²) < 4.78 is 69.1. The Labute approximate surface area is 218 Å². The van der Waals surface area contributed by atoms with E-state index in [2.05, 4.69) is 4.72 Å². The lowest BCUT2D eigenvalue weighted by Crippen LogP contribution is -2.14. The van der Waals surface area contributed by atoms with Crippen molar-refractivity contribution >= 4 is 33.6 Å². The summed E-state index contributed by atoms with van der Waals surface area (Å²) >= 11 is 0. The van der Waals surface area contributed by atoms with Crippen LogP contribution >= 0.6 is 0 Å². The maximum atomic E-state index is 14.9. The minimum Gasteiger partial charge on any atom is -0.493 e. The molecule has 0 aromatic heterocycles. The molecule has 0 fully saturated rings. The van der Waals surface area contributed by atoms with Gasteiger partial charge in [-0.05, 0) is 47.5 Å². The molecule has 0 saturated heterocycles. The van der Waals surface area contributed by atoms with Crippen LogP contribution in [0.5, 0.6) is 28.7 Å². The summed E-state index contributed by atoms with van der Waals surface area (Å²) in [4.78, 5) is 10.1. The van der Waals surface area contributed by atoms with Crippen molar-refractivity contribution < 1.29 is 41.4 Å². The molecule has 3 aromatic carbocycles. The number of nitrogens with zero attached hydrogens (tertiary/aromatic N) is 1. The Morgan fingerprint density at radius 2 is 1.34 bits per heavy atom. The topological polar surface area (TPSA) is 135 Å². The molecular weight excluding hydrogens is 523 g/mol. The van der Waals surface area contributed by atoms with Crippen LogP contribution in [0, 0.1) is 15.9 Å². The van der Waals surface area contributed by atoms with Crippen LogP contribution in [0.1, 0.15) is 11.1 Å². The highest BCUT2D eigenvalue weighted by Gasteiger charge is 2.24. The number of hydrogen-bond acceptors (Lipinski definition) is 9. The molecule has 1 N–H and O–H groups in total. The number of methoxy groups -OCH3 is 5. The van der Waals surface area contributed by atoms with Crippen LogP contribution in [0.25, 0.3) is 12.2 Å². The summed E-state index contributed by atoms with van der Waals surface area (Å²) in [5.74, 6) is -0.0852. The molecule has 3 aromatic rings. The number of nitro benzene ring substituents is 1. The number of sulfonamides is 1. The molecule has 0 aliphatic heterocycles. The quantitative estimate of drug-likeness (QED) is 0.205. The number of ether oxygens (including phenoxy) is 5. The standard InChI is InChI=1S/C25H25FN2O9S/c1-33-21-9-8-17(14-20(21)28(29)30)38(31,32)27-19-11-15(10-18(26)24(19)36-4)6-7-16-12-22(34-2)25(37-5)23(13-16)35-3/h6-14,27H,1-5H3/b7-6-. The molecule has 0 aliphatic rings. The number of halogens is 1. The van der Waals surface area contributed by atoms with Crippen molar-refractivity contribution in [3.05, 3.63) is 69.5 Å². The number of anilines is 1. The predicted molar refractivity (Wildman–Crippen MR) is 138 cm³/mol. The molecule has 202 valence electrons. The molecule has 0 atom stereocenters. The molecule has 0 heterocycles. The van der Waals surface area contributed by atoms with Crippen molar-refractivity contribution in [3.63, 3.8) is 0 Å². The Morgan fingerprint density at radius 3 is 1.84 bits per heavy atom. The van der Waals surface area contributed by atoms with Crippen LogP contribution < -0.4 is 28.4 Å². The summed E-state index contributed by atoms with van der Waals surface area (Å²) in [5, 5.41) is 11.3. The first-order chi connectivity index (χ1) is 18.1. The lowest BCUT2D eigenvalue weighted by atomic mass is 10.1. The second-order valence-corrected chi connectivity index (χ2v) is 9.25. The molecular formula is C25H25FN2O9S. The smallest absolute Gasteiger partial charge is 0.312 e. The Bertz CT molecular complexity index is 1470. The normalized spacial score (nSPS) is 11.2. The van der Waals surface area contributed by atoms with Crippen LogP contribution in [0.15, 0.2) is 47.4 Å². The highest BCUT2D eigenvalue weighted by Crippen LogP contribution is 2.39. The maximum Gasteiger partial charge on any atom is 0.312 e. The van der Waals surface area contributed by atoms with E-state index < -0.39 is 31.3 Å². The van der Waals surface area contributed by atoms with E-state index in [1.165, 1.54) is 41.6 Å². The average Bonchev–Trinajstić information content (AvgIpc) is 2.90. The lowest BCUT2D eigenvalue weighted by Gasteiger charge is -2.14. The van der Waals surface area contributed by atoms with Crippen molar-refractivity contribution in [1.82, 2.24) is 0 Å². The van der Waals surface area contributed by atoms with Gasteiger partial charge >= 0.3 is 5.69 Å². The SMILES string of the molecule is COc1ccc(S(=O)(=O)Nc2cc(/C=C\c3cc(OC)c(OC)c(OC)c3)cc(F)c2OC)cc1[N+](=O)[O-]. The fourth-order valence-corrected chi connectivity index (χ4v) is 4.64. The van der Waals surface area contributed by atoms with Crippen LogP contribution in [0.3, 0.4) is 0 Å². The van der Waals surface area contributed by atoms with Crippen molar-refractivity contribution in [1.29, 1.82) is 0 Å². The van der Waals surface area contributed by atoms with Gasteiger partial charge in [0, 0.05) is 6.07 Å². The van der Waals surface area contributed by atoms with Crippen LogP contribution in [-0.4, -0.2) is 48.9 Å². The van der Waals surface area contributed by atoms with E-state index in [0.717, 1.165) is 24.3 Å². The van der Waals surface area contributed by atoms with Crippen molar-refractivity contribution in [3.8, 4) is 28.7 Å². The first-order valence-electron chi connectivity index (χ1n) is 10.8. The van der Waals surface area contributed by atoms with Gasteiger partial charge in [0.1, 0.15) is 0 Å². The Hall–Kier alpha value is -4.52. The second-order valence-electron chi connectivity index (χ2n) is 7.57. The van der Waals surface area contributed by atoms with E-state index in [-0.39, 0.29) is 22.7 Å². The molecule has 0 amide bonds. The highest BCUT2D eigenvalue weighted by atomic mass is 32.2. The van der Waals surface area contributed by atoms with Gasteiger partial charge in [0.25, 0.3) is 10.0 Å². The van der Waals surface area contributed by atoms with Gasteiger partial charge in [0.15, 0.2) is 28.8 Å². The number of nitro groups is 1.